The molecule has 1 aromatic rings. The number of aromatic hydroxyl groups is 1. The minimum absolute atomic E-state index is 0. The average Bonchev–Trinajstić information content (AvgIpc) is 2.02. The molecule has 72 valence electrons. The molecule has 5 nitrogen and oxygen atoms in total. The van der Waals surface area contributed by atoms with Crippen LogP contribution in [0.5, 0.6) is 11.5 Å². The quantitative estimate of drug-likeness (QED) is 0.451. The van der Waals surface area contributed by atoms with E-state index in [9.17, 15) is 18.1 Å². The summed E-state index contributed by atoms with van der Waals surface area (Å²) < 4.78 is 36.3. The summed E-state index contributed by atoms with van der Waals surface area (Å²) in [5.74, 6) is -0.697. The van der Waals surface area contributed by atoms with E-state index in [4.69, 9.17) is 0 Å². The Bertz CT molecular complexity index is 414. The molecule has 0 saturated heterocycles. The van der Waals surface area contributed by atoms with Gasteiger partial charge in [0.25, 0.3) is 0 Å². The third-order valence-corrected chi connectivity index (χ3v) is 2.32. The zero-order chi connectivity index (χ0) is 10.1. The summed E-state index contributed by atoms with van der Waals surface area (Å²) in [6.07, 6.45) is 0. The van der Waals surface area contributed by atoms with Crippen molar-refractivity contribution in [3.8, 4) is 11.5 Å². The molecule has 0 unspecified atom stereocenters. The van der Waals surface area contributed by atoms with Crippen LogP contribution < -0.4 is 56.1 Å². The number of hydrogen-bond donors (Lipinski definition) is 1. The molecular formula is C7H7KO5S. The fourth-order valence-corrected chi connectivity index (χ4v) is 1.45. The third kappa shape index (κ3) is 3.19. The van der Waals surface area contributed by atoms with Crippen LogP contribution in [-0.4, -0.2) is 25.2 Å². The summed E-state index contributed by atoms with van der Waals surface area (Å²) in [5.41, 5.74) is 0. The Hall–Kier alpha value is 0.366. The second kappa shape index (κ2) is 5.45. The minimum atomic E-state index is -4.65. The number of methoxy groups -OCH3 is 1. The molecule has 0 radical (unpaired) electrons. The van der Waals surface area contributed by atoms with E-state index in [1.165, 1.54) is 19.2 Å². The molecule has 7 heteroatoms. The largest absolute Gasteiger partial charge is 1.00 e. The van der Waals surface area contributed by atoms with Gasteiger partial charge in [-0.05, 0) is 12.1 Å². The van der Waals surface area contributed by atoms with Gasteiger partial charge in [-0.25, -0.2) is 8.42 Å². The normalized spacial score (nSPS) is 10.4. The zero-order valence-corrected chi connectivity index (χ0v) is 11.7. The van der Waals surface area contributed by atoms with Crippen LogP contribution in [0.2, 0.25) is 0 Å². The van der Waals surface area contributed by atoms with E-state index in [1.54, 1.807) is 0 Å². The van der Waals surface area contributed by atoms with Gasteiger partial charge in [-0.15, -0.1) is 0 Å². The first-order valence-electron chi connectivity index (χ1n) is 3.28. The maximum Gasteiger partial charge on any atom is 1.00 e. The third-order valence-electron chi connectivity index (χ3n) is 1.45. The van der Waals surface area contributed by atoms with Gasteiger partial charge in [-0.1, -0.05) is 6.07 Å². The molecule has 0 aliphatic heterocycles. The van der Waals surface area contributed by atoms with Gasteiger partial charge >= 0.3 is 51.4 Å². The van der Waals surface area contributed by atoms with E-state index in [-0.39, 0.29) is 57.1 Å². The predicted molar refractivity (Wildman–Crippen MR) is 42.6 cm³/mol. The van der Waals surface area contributed by atoms with Gasteiger partial charge in [-0.3, -0.25) is 0 Å². The number of phenolic OH excluding ortho intramolecular Hbond substituents is 1. The topological polar surface area (TPSA) is 86.7 Å². The van der Waals surface area contributed by atoms with E-state index in [0.29, 0.717) is 0 Å². The van der Waals surface area contributed by atoms with Crippen LogP contribution in [0, 0.1) is 0 Å². The molecule has 0 amide bonds. The van der Waals surface area contributed by atoms with E-state index < -0.39 is 20.8 Å². The summed E-state index contributed by atoms with van der Waals surface area (Å²) in [6.45, 7) is 0. The molecule has 0 bridgehead atoms. The minimum Gasteiger partial charge on any atom is -0.744 e. The van der Waals surface area contributed by atoms with Crippen molar-refractivity contribution in [3.05, 3.63) is 18.2 Å². The number of benzene rings is 1. The monoisotopic (exact) mass is 242 g/mol. The average molecular weight is 242 g/mol. The van der Waals surface area contributed by atoms with Gasteiger partial charge in [0.2, 0.25) is 0 Å². The summed E-state index contributed by atoms with van der Waals surface area (Å²) in [7, 11) is -3.39. The number of para-hydroxylation sites is 1. The Morgan fingerprint density at radius 2 is 2.00 bits per heavy atom. The van der Waals surface area contributed by atoms with E-state index in [1.807, 2.05) is 0 Å². The fraction of sp³-hybridized carbons (Fsp3) is 0.143. The Morgan fingerprint density at radius 1 is 1.43 bits per heavy atom. The van der Waals surface area contributed by atoms with Crippen LogP contribution in [0.1, 0.15) is 0 Å². The van der Waals surface area contributed by atoms with Gasteiger partial charge in [0, 0.05) is 0 Å². The van der Waals surface area contributed by atoms with Crippen LogP contribution >= 0.6 is 0 Å². The van der Waals surface area contributed by atoms with E-state index in [0.717, 1.165) is 6.07 Å². The Kier molecular flexibility index (Phi) is 5.59. The summed E-state index contributed by atoms with van der Waals surface area (Å²) >= 11 is 0. The van der Waals surface area contributed by atoms with E-state index in [2.05, 4.69) is 4.74 Å². The van der Waals surface area contributed by atoms with Gasteiger partial charge < -0.3 is 14.4 Å². The van der Waals surface area contributed by atoms with Crippen molar-refractivity contribution >= 4 is 10.1 Å². The standard InChI is InChI=1S/C7H8O5S.K/c1-12-5-3-2-4-6(7(5)8)13(9,10)11;/h2-4,8H,1H3,(H,9,10,11);/q;+1/p-1. The molecular weight excluding hydrogens is 235 g/mol. The summed E-state index contributed by atoms with van der Waals surface area (Å²) in [5, 5.41) is 9.22. The Morgan fingerprint density at radius 3 is 2.43 bits per heavy atom. The van der Waals surface area contributed by atoms with Crippen LogP contribution in [0.3, 0.4) is 0 Å². The molecule has 0 fully saturated rings. The van der Waals surface area contributed by atoms with E-state index >= 15 is 0 Å². The van der Waals surface area contributed by atoms with Crippen LogP contribution in [0.4, 0.5) is 0 Å². The molecule has 1 aromatic carbocycles. The van der Waals surface area contributed by atoms with Crippen LogP contribution in [0.15, 0.2) is 23.1 Å². The molecule has 1 rings (SSSR count). The maximum atomic E-state index is 10.6. The van der Waals surface area contributed by atoms with Crippen LogP contribution in [0.25, 0.3) is 0 Å². The molecule has 0 spiro atoms. The Balaban J connectivity index is 0.00000169. The van der Waals surface area contributed by atoms with Gasteiger partial charge in [0.05, 0.1) is 12.0 Å². The molecule has 14 heavy (non-hydrogen) atoms. The predicted octanol–water partition coefficient (Wildman–Crippen LogP) is -2.69. The number of phenols is 1. The molecule has 0 aliphatic carbocycles. The summed E-state index contributed by atoms with van der Waals surface area (Å²) in [6, 6.07) is 3.67. The second-order valence-electron chi connectivity index (χ2n) is 2.26. The Labute approximate surface area is 124 Å². The molecule has 0 atom stereocenters. The first-order chi connectivity index (χ1) is 5.96. The van der Waals surface area contributed by atoms with Crippen molar-refractivity contribution in [2.45, 2.75) is 4.90 Å². The van der Waals surface area contributed by atoms with Crippen molar-refractivity contribution in [1.29, 1.82) is 0 Å². The smallest absolute Gasteiger partial charge is 0.744 e. The zero-order valence-electron chi connectivity index (χ0n) is 7.72. The second-order valence-corrected chi connectivity index (χ2v) is 3.61. The number of rotatable bonds is 2. The maximum absolute atomic E-state index is 10.6. The van der Waals surface area contributed by atoms with Gasteiger partial charge in [-0.2, -0.15) is 0 Å². The first-order valence-corrected chi connectivity index (χ1v) is 4.69. The van der Waals surface area contributed by atoms with Crippen molar-refractivity contribution in [2.24, 2.45) is 0 Å². The van der Waals surface area contributed by atoms with Crippen molar-refractivity contribution in [1.82, 2.24) is 0 Å². The number of ether oxygens (including phenoxy) is 1. The first kappa shape index (κ1) is 14.4. The SMILES string of the molecule is COc1cccc(S(=O)(=O)[O-])c1O.[K+]. The van der Waals surface area contributed by atoms with Gasteiger partial charge in [0.15, 0.2) is 11.5 Å². The summed E-state index contributed by atoms with van der Waals surface area (Å²) in [4.78, 5) is -0.674. The fourth-order valence-electron chi connectivity index (χ4n) is 0.869. The molecule has 0 heterocycles. The van der Waals surface area contributed by atoms with Crippen molar-refractivity contribution in [2.75, 3.05) is 7.11 Å². The molecule has 0 aromatic heterocycles. The van der Waals surface area contributed by atoms with Gasteiger partial charge in [0.1, 0.15) is 10.1 Å². The molecule has 1 N–H and O–H groups in total. The molecule has 0 saturated carbocycles. The number of hydrogen-bond acceptors (Lipinski definition) is 5. The van der Waals surface area contributed by atoms with Crippen LogP contribution in [-0.2, 0) is 10.1 Å². The van der Waals surface area contributed by atoms with Crippen molar-refractivity contribution in [3.63, 3.8) is 0 Å². The van der Waals surface area contributed by atoms with Crippen molar-refractivity contribution < 1.29 is 74.2 Å². The molecule has 0 aliphatic rings.